The Morgan fingerprint density at radius 1 is 1.32 bits per heavy atom. The summed E-state index contributed by atoms with van der Waals surface area (Å²) in [4.78, 5) is 4.45. The van der Waals surface area contributed by atoms with Gasteiger partial charge in [0.05, 0.1) is 12.0 Å². The Labute approximate surface area is 120 Å². The topological polar surface area (TPSA) is 29.9 Å². The van der Waals surface area contributed by atoms with Crippen molar-refractivity contribution >= 4 is 11.8 Å². The number of nitrogens with one attached hydrogen (secondary N) is 1. The molecule has 1 aromatic rings. The predicted molar refractivity (Wildman–Crippen MR) is 81.6 cm³/mol. The molecule has 0 aromatic carbocycles. The van der Waals surface area contributed by atoms with E-state index in [2.05, 4.69) is 46.1 Å². The van der Waals surface area contributed by atoms with Gasteiger partial charge in [0.25, 0.3) is 0 Å². The lowest BCUT2D eigenvalue weighted by Gasteiger charge is -2.28. The van der Waals surface area contributed by atoms with Crippen molar-refractivity contribution < 1.29 is 0 Å². The number of piperidine rings is 1. The first-order chi connectivity index (χ1) is 9.40. The minimum absolute atomic E-state index is 0.532. The number of hydrogen-bond donors (Lipinski definition) is 1. The summed E-state index contributed by atoms with van der Waals surface area (Å²) < 4.78 is 2.49. The van der Waals surface area contributed by atoms with Crippen molar-refractivity contribution in [2.45, 2.75) is 62.8 Å². The Morgan fingerprint density at radius 2 is 2.26 bits per heavy atom. The van der Waals surface area contributed by atoms with Gasteiger partial charge in [-0.05, 0) is 38.0 Å². The van der Waals surface area contributed by atoms with Crippen molar-refractivity contribution in [2.24, 2.45) is 0 Å². The van der Waals surface area contributed by atoms with Gasteiger partial charge >= 0.3 is 0 Å². The predicted octanol–water partition coefficient (Wildman–Crippen LogP) is 3.54. The van der Waals surface area contributed by atoms with Crippen molar-refractivity contribution in [3.8, 4) is 0 Å². The van der Waals surface area contributed by atoms with Crippen LogP contribution >= 0.6 is 11.8 Å². The minimum atomic E-state index is 0.532. The zero-order chi connectivity index (χ0) is 13.1. The van der Waals surface area contributed by atoms with Gasteiger partial charge in [-0.2, -0.15) is 11.8 Å². The number of thioether (sulfide) groups is 1. The van der Waals surface area contributed by atoms with Crippen molar-refractivity contribution in [2.75, 3.05) is 12.3 Å². The van der Waals surface area contributed by atoms with Crippen molar-refractivity contribution in [1.29, 1.82) is 0 Å². The summed E-state index contributed by atoms with van der Waals surface area (Å²) in [5.74, 6) is 1.23. The highest BCUT2D eigenvalue weighted by atomic mass is 32.2. The number of hydrogen-bond acceptors (Lipinski definition) is 3. The monoisotopic (exact) mass is 279 g/mol. The van der Waals surface area contributed by atoms with Crippen LogP contribution in [0.5, 0.6) is 0 Å². The van der Waals surface area contributed by atoms with Crippen LogP contribution in [0.25, 0.3) is 0 Å². The van der Waals surface area contributed by atoms with Gasteiger partial charge in [0.15, 0.2) is 0 Å². The summed E-state index contributed by atoms with van der Waals surface area (Å²) in [6.45, 7) is 3.44. The average molecular weight is 279 g/mol. The molecule has 0 radical (unpaired) electrons. The first kappa shape index (κ1) is 13.5. The van der Waals surface area contributed by atoms with Crippen LogP contribution in [-0.4, -0.2) is 27.1 Å². The smallest absolute Gasteiger partial charge is 0.0951 e. The molecule has 0 spiro atoms. The minimum Gasteiger partial charge on any atom is -0.329 e. The van der Waals surface area contributed by atoms with Crippen LogP contribution in [0.1, 0.15) is 63.2 Å². The Hall–Kier alpha value is -0.480. The second-order valence-corrected chi connectivity index (χ2v) is 7.24. The van der Waals surface area contributed by atoms with Gasteiger partial charge in [0, 0.05) is 23.5 Å². The molecule has 0 bridgehead atoms. The molecule has 1 saturated carbocycles. The lowest BCUT2D eigenvalue weighted by molar-refractivity contribution is 0.380. The number of aromatic nitrogens is 2. The molecule has 1 aliphatic heterocycles. The van der Waals surface area contributed by atoms with Crippen LogP contribution in [0.15, 0.2) is 12.5 Å². The van der Waals surface area contributed by atoms with Gasteiger partial charge < -0.3 is 9.88 Å². The summed E-state index contributed by atoms with van der Waals surface area (Å²) in [5.41, 5.74) is 1.42. The van der Waals surface area contributed by atoms with E-state index in [1.165, 1.54) is 50.0 Å². The largest absolute Gasteiger partial charge is 0.329 e. The molecule has 2 fully saturated rings. The van der Waals surface area contributed by atoms with Crippen LogP contribution < -0.4 is 5.32 Å². The summed E-state index contributed by atoms with van der Waals surface area (Å²) in [7, 11) is 0. The maximum Gasteiger partial charge on any atom is 0.0951 e. The highest BCUT2D eigenvalue weighted by Gasteiger charge is 2.31. The first-order valence-electron chi connectivity index (χ1n) is 7.77. The van der Waals surface area contributed by atoms with E-state index in [1.807, 2.05) is 0 Å². The fourth-order valence-electron chi connectivity index (χ4n) is 3.60. The van der Waals surface area contributed by atoms with Gasteiger partial charge in [-0.25, -0.2) is 4.98 Å². The molecular weight excluding hydrogens is 254 g/mol. The second-order valence-electron chi connectivity index (χ2n) is 5.72. The molecule has 3 nitrogen and oxygen atoms in total. The molecule has 2 aliphatic rings. The molecule has 3 unspecified atom stereocenters. The van der Waals surface area contributed by atoms with E-state index in [9.17, 15) is 0 Å². The molecular formula is C15H25N3S. The summed E-state index contributed by atoms with van der Waals surface area (Å²) in [6, 6.07) is 1.20. The van der Waals surface area contributed by atoms with Gasteiger partial charge in [-0.1, -0.05) is 19.8 Å². The van der Waals surface area contributed by atoms with Gasteiger partial charge in [-0.15, -0.1) is 0 Å². The Morgan fingerprint density at radius 3 is 3.05 bits per heavy atom. The summed E-state index contributed by atoms with van der Waals surface area (Å²) >= 11 is 2.13. The van der Waals surface area contributed by atoms with E-state index in [4.69, 9.17) is 0 Å². The van der Waals surface area contributed by atoms with E-state index in [-0.39, 0.29) is 0 Å². The lowest BCUT2D eigenvalue weighted by Crippen LogP contribution is -2.30. The van der Waals surface area contributed by atoms with Crippen LogP contribution in [0.4, 0.5) is 0 Å². The van der Waals surface area contributed by atoms with E-state index in [0.717, 1.165) is 11.8 Å². The third kappa shape index (κ3) is 2.84. The average Bonchev–Trinajstić information content (AvgIpc) is 3.08. The zero-order valence-corrected chi connectivity index (χ0v) is 12.7. The van der Waals surface area contributed by atoms with Crippen molar-refractivity contribution in [3.63, 3.8) is 0 Å². The molecule has 1 N–H and O–H groups in total. The molecule has 4 heteroatoms. The van der Waals surface area contributed by atoms with Crippen molar-refractivity contribution in [1.82, 2.24) is 14.9 Å². The highest BCUT2D eigenvalue weighted by Crippen LogP contribution is 2.40. The van der Waals surface area contributed by atoms with Crippen LogP contribution in [0.2, 0.25) is 0 Å². The zero-order valence-electron chi connectivity index (χ0n) is 11.8. The maximum absolute atomic E-state index is 4.45. The van der Waals surface area contributed by atoms with E-state index in [1.54, 1.807) is 0 Å². The molecule has 3 rings (SSSR count). The Kier molecular flexibility index (Phi) is 4.49. The van der Waals surface area contributed by atoms with Gasteiger partial charge in [-0.3, -0.25) is 0 Å². The SMILES string of the molecule is CCSC1CCCC1n1cncc1C1CCCCN1. The Balaban J connectivity index is 1.78. The molecule has 106 valence electrons. The molecule has 1 saturated heterocycles. The highest BCUT2D eigenvalue weighted by molar-refractivity contribution is 7.99. The normalized spacial score (nSPS) is 31.7. The third-order valence-corrected chi connectivity index (χ3v) is 5.83. The lowest BCUT2D eigenvalue weighted by atomic mass is 10.0. The van der Waals surface area contributed by atoms with Gasteiger partial charge in [0.2, 0.25) is 0 Å². The van der Waals surface area contributed by atoms with Crippen LogP contribution in [0.3, 0.4) is 0 Å². The van der Waals surface area contributed by atoms with Crippen molar-refractivity contribution in [3.05, 3.63) is 18.2 Å². The molecule has 2 heterocycles. The van der Waals surface area contributed by atoms with Crippen LogP contribution in [0, 0.1) is 0 Å². The Bertz CT molecular complexity index is 398. The maximum atomic E-state index is 4.45. The van der Waals surface area contributed by atoms with Crippen LogP contribution in [-0.2, 0) is 0 Å². The van der Waals surface area contributed by atoms with Gasteiger partial charge in [0.1, 0.15) is 0 Å². The first-order valence-corrected chi connectivity index (χ1v) is 8.81. The summed E-state index contributed by atoms with van der Waals surface area (Å²) in [6.07, 6.45) is 12.2. The van der Waals surface area contributed by atoms with E-state index < -0.39 is 0 Å². The molecule has 1 aliphatic carbocycles. The summed E-state index contributed by atoms with van der Waals surface area (Å²) in [5, 5.41) is 4.46. The standard InChI is InChI=1S/C15H25N3S/c1-2-19-15-8-5-7-13(15)18-11-16-10-14(18)12-6-3-4-9-17-12/h10-13,15,17H,2-9H2,1H3. The second kappa shape index (κ2) is 6.31. The fraction of sp³-hybridized carbons (Fsp3) is 0.800. The molecule has 19 heavy (non-hydrogen) atoms. The molecule has 3 atom stereocenters. The third-order valence-electron chi connectivity index (χ3n) is 4.52. The number of imidazole rings is 1. The molecule has 0 amide bonds. The molecule has 1 aromatic heterocycles. The number of rotatable bonds is 4. The van der Waals surface area contributed by atoms with E-state index in [0.29, 0.717) is 12.1 Å². The fourth-order valence-corrected chi connectivity index (χ4v) is 4.85. The quantitative estimate of drug-likeness (QED) is 0.914. The van der Waals surface area contributed by atoms with E-state index >= 15 is 0 Å². The number of nitrogens with zero attached hydrogens (tertiary/aromatic N) is 2.